The fraction of sp³-hybridized carbons (Fsp3) is 0.891. The highest BCUT2D eigenvalue weighted by atomic mass is 16.5. The number of nitrogens with one attached hydrogen (secondary N) is 1. The van der Waals surface area contributed by atoms with E-state index in [9.17, 15) is 19.8 Å². The molecule has 1 amide bonds. The molecule has 0 aliphatic heterocycles. The lowest BCUT2D eigenvalue weighted by Crippen LogP contribution is -2.46. The first-order chi connectivity index (χ1) is 30.0. The van der Waals surface area contributed by atoms with E-state index in [1.165, 1.54) is 180 Å². The number of carbonyl (C=O) groups excluding carboxylic acids is 2. The van der Waals surface area contributed by atoms with Gasteiger partial charge in [-0.1, -0.05) is 251 Å². The van der Waals surface area contributed by atoms with Crippen LogP contribution in [-0.4, -0.2) is 46.9 Å². The maximum absolute atomic E-state index is 13.2. The molecule has 0 radical (unpaired) electrons. The number of carbonyl (C=O) groups is 2. The second kappa shape index (κ2) is 49.4. The summed E-state index contributed by atoms with van der Waals surface area (Å²) in [6, 6.07) is -0.705. The van der Waals surface area contributed by atoms with Crippen molar-refractivity contribution in [1.29, 1.82) is 0 Å². The second-order valence-corrected chi connectivity index (χ2v) is 18.7. The second-order valence-electron chi connectivity index (χ2n) is 18.7. The number of hydrogen-bond donors (Lipinski definition) is 3. The maximum atomic E-state index is 13.2. The molecule has 0 aliphatic carbocycles. The van der Waals surface area contributed by atoms with Gasteiger partial charge in [0.05, 0.1) is 25.2 Å². The van der Waals surface area contributed by atoms with Crippen molar-refractivity contribution < 1.29 is 24.5 Å². The number of ether oxygens (including phenoxy) is 1. The molecule has 360 valence electrons. The third-order valence-corrected chi connectivity index (χ3v) is 12.6. The van der Waals surface area contributed by atoms with E-state index in [2.05, 4.69) is 50.4 Å². The van der Waals surface area contributed by atoms with Crippen molar-refractivity contribution in [3.05, 3.63) is 24.3 Å². The van der Waals surface area contributed by atoms with Crippen LogP contribution in [0.5, 0.6) is 0 Å². The summed E-state index contributed by atoms with van der Waals surface area (Å²) in [5.74, 6) is -0.485. The molecule has 0 spiro atoms. The number of aliphatic hydroxyl groups excluding tert-OH is 2. The lowest BCUT2D eigenvalue weighted by Gasteiger charge is -2.24. The fourth-order valence-corrected chi connectivity index (χ4v) is 8.42. The maximum Gasteiger partial charge on any atom is 0.306 e. The zero-order chi connectivity index (χ0) is 44.5. The van der Waals surface area contributed by atoms with Crippen molar-refractivity contribution in [1.82, 2.24) is 5.32 Å². The van der Waals surface area contributed by atoms with Crippen LogP contribution >= 0.6 is 0 Å². The molecule has 6 nitrogen and oxygen atoms in total. The molecule has 0 aromatic heterocycles. The van der Waals surface area contributed by atoms with Gasteiger partial charge in [0.25, 0.3) is 0 Å². The van der Waals surface area contributed by atoms with Gasteiger partial charge in [-0.05, 0) is 51.4 Å². The van der Waals surface area contributed by atoms with E-state index < -0.39 is 18.2 Å². The smallest absolute Gasteiger partial charge is 0.306 e. The summed E-state index contributed by atoms with van der Waals surface area (Å²) in [7, 11) is 0. The number of allylic oxidation sites excluding steroid dienone is 4. The number of unbranched alkanes of at least 4 members (excludes halogenated alkanes) is 34. The number of rotatable bonds is 49. The molecule has 0 fully saturated rings. The van der Waals surface area contributed by atoms with Crippen molar-refractivity contribution in [3.8, 4) is 0 Å². The number of aliphatic hydroxyl groups is 2. The molecule has 0 heterocycles. The summed E-state index contributed by atoms with van der Waals surface area (Å²) in [6.07, 6.45) is 56.6. The molecule has 3 atom stereocenters. The van der Waals surface area contributed by atoms with Crippen molar-refractivity contribution in [3.63, 3.8) is 0 Å². The van der Waals surface area contributed by atoms with Gasteiger partial charge in [0, 0.05) is 6.42 Å². The Bertz CT molecular complexity index is 966. The third kappa shape index (κ3) is 44.7. The highest BCUT2D eigenvalue weighted by Crippen LogP contribution is 2.18. The Morgan fingerprint density at radius 3 is 1.23 bits per heavy atom. The van der Waals surface area contributed by atoms with Crippen molar-refractivity contribution in [2.75, 3.05) is 6.61 Å². The largest absolute Gasteiger partial charge is 0.462 e. The number of esters is 1. The van der Waals surface area contributed by atoms with Crippen molar-refractivity contribution in [2.24, 2.45) is 0 Å². The van der Waals surface area contributed by atoms with Crippen LogP contribution in [-0.2, 0) is 14.3 Å². The van der Waals surface area contributed by atoms with E-state index in [0.717, 1.165) is 64.2 Å². The monoisotopic (exact) mass is 860 g/mol. The first-order valence-corrected chi connectivity index (χ1v) is 27.1. The van der Waals surface area contributed by atoms with Gasteiger partial charge < -0.3 is 20.3 Å². The number of hydrogen-bond acceptors (Lipinski definition) is 5. The van der Waals surface area contributed by atoms with Gasteiger partial charge >= 0.3 is 5.97 Å². The van der Waals surface area contributed by atoms with Crippen LogP contribution in [0, 0.1) is 0 Å². The molecule has 3 N–H and O–H groups in total. The summed E-state index contributed by atoms with van der Waals surface area (Å²) in [5, 5.41) is 23.8. The summed E-state index contributed by atoms with van der Waals surface area (Å²) in [6.45, 7) is 6.49. The van der Waals surface area contributed by atoms with Gasteiger partial charge in [0.1, 0.15) is 6.10 Å². The Morgan fingerprint density at radius 1 is 0.475 bits per heavy atom. The minimum Gasteiger partial charge on any atom is -0.462 e. The lowest BCUT2D eigenvalue weighted by atomic mass is 10.0. The SMILES string of the molecule is CCCCCCCCC/C=C/C=C/CCCCCC(CC(=O)NC(CO)C(O)CCCCCCCCCCCCCCCC)OC(=O)CCCCCCCCCCCCCC. The molecule has 0 aliphatic rings. The van der Waals surface area contributed by atoms with Gasteiger partial charge in [0.2, 0.25) is 5.91 Å². The molecule has 0 saturated carbocycles. The summed E-state index contributed by atoms with van der Waals surface area (Å²) < 4.78 is 5.93. The summed E-state index contributed by atoms with van der Waals surface area (Å²) >= 11 is 0. The molecule has 0 rings (SSSR count). The topological polar surface area (TPSA) is 95.9 Å². The van der Waals surface area contributed by atoms with Crippen molar-refractivity contribution >= 4 is 11.9 Å². The molecule has 0 aromatic carbocycles. The van der Waals surface area contributed by atoms with Crippen LogP contribution in [0.4, 0.5) is 0 Å². The van der Waals surface area contributed by atoms with Crippen LogP contribution in [0.2, 0.25) is 0 Å². The zero-order valence-electron chi connectivity index (χ0n) is 41.1. The van der Waals surface area contributed by atoms with Crippen LogP contribution in [0.1, 0.15) is 290 Å². The fourth-order valence-electron chi connectivity index (χ4n) is 8.42. The van der Waals surface area contributed by atoms with Gasteiger partial charge in [-0.25, -0.2) is 0 Å². The normalized spacial score (nSPS) is 13.3. The Morgan fingerprint density at radius 2 is 0.820 bits per heavy atom. The van der Waals surface area contributed by atoms with Gasteiger partial charge in [-0.15, -0.1) is 0 Å². The van der Waals surface area contributed by atoms with Gasteiger partial charge in [0.15, 0.2) is 0 Å². The average Bonchev–Trinajstić information content (AvgIpc) is 3.25. The summed E-state index contributed by atoms with van der Waals surface area (Å²) in [4.78, 5) is 26.2. The Balaban J connectivity index is 4.58. The van der Waals surface area contributed by atoms with Crippen LogP contribution in [0.3, 0.4) is 0 Å². The molecule has 0 aromatic rings. The lowest BCUT2D eigenvalue weighted by molar-refractivity contribution is -0.151. The number of amides is 1. The van der Waals surface area contributed by atoms with E-state index >= 15 is 0 Å². The zero-order valence-corrected chi connectivity index (χ0v) is 41.1. The molecule has 0 bridgehead atoms. The van der Waals surface area contributed by atoms with Gasteiger partial charge in [-0.3, -0.25) is 9.59 Å². The minimum atomic E-state index is -0.790. The Hall–Kier alpha value is -1.66. The van der Waals surface area contributed by atoms with E-state index in [1.54, 1.807) is 0 Å². The minimum absolute atomic E-state index is 0.0652. The van der Waals surface area contributed by atoms with Crippen LogP contribution in [0.25, 0.3) is 0 Å². The Labute approximate surface area is 380 Å². The third-order valence-electron chi connectivity index (χ3n) is 12.6. The van der Waals surface area contributed by atoms with Crippen LogP contribution < -0.4 is 5.32 Å². The average molecular weight is 860 g/mol. The molecule has 0 saturated heterocycles. The highest BCUT2D eigenvalue weighted by Gasteiger charge is 2.24. The highest BCUT2D eigenvalue weighted by molar-refractivity contribution is 5.77. The molecular weight excluding hydrogens is 755 g/mol. The molecule has 61 heavy (non-hydrogen) atoms. The molecule has 6 heteroatoms. The van der Waals surface area contributed by atoms with Crippen molar-refractivity contribution in [2.45, 2.75) is 309 Å². The van der Waals surface area contributed by atoms with Gasteiger partial charge in [-0.2, -0.15) is 0 Å². The first-order valence-electron chi connectivity index (χ1n) is 27.1. The summed E-state index contributed by atoms with van der Waals surface area (Å²) in [5.41, 5.74) is 0. The molecule has 3 unspecified atom stereocenters. The first kappa shape index (κ1) is 59.3. The molecular formula is C55H105NO5. The van der Waals surface area contributed by atoms with E-state index in [-0.39, 0.29) is 24.9 Å². The Kier molecular flexibility index (Phi) is 48.0. The van der Waals surface area contributed by atoms with Crippen LogP contribution in [0.15, 0.2) is 24.3 Å². The quantitative estimate of drug-likeness (QED) is 0.0322. The standard InChI is InChI=1S/C55H105NO5/c1-4-7-10-13-16-19-22-25-27-28-29-31-34-37-40-43-46-51(61-55(60)48-45-42-39-36-33-24-21-18-15-12-9-6-3)49-54(59)56-52(50-57)53(58)47-44-41-38-35-32-30-26-23-20-17-14-11-8-5-2/h27-29,31,51-53,57-58H,4-26,30,32-50H2,1-3H3,(H,56,59)/b28-27+,31-29+. The van der Waals surface area contributed by atoms with E-state index in [4.69, 9.17) is 4.74 Å². The predicted molar refractivity (Wildman–Crippen MR) is 264 cm³/mol. The predicted octanol–water partition coefficient (Wildman–Crippen LogP) is 16.3. The van der Waals surface area contributed by atoms with E-state index in [1.807, 2.05) is 0 Å². The van der Waals surface area contributed by atoms with E-state index in [0.29, 0.717) is 19.3 Å².